The molecule has 0 saturated carbocycles. The number of carbonyl (C=O) groups is 1. The highest BCUT2D eigenvalue weighted by atomic mass is 79.9. The van der Waals surface area contributed by atoms with E-state index in [1.54, 1.807) is 40.8 Å². The number of likely N-dealkylation sites (N-methyl/N-ethyl adjacent to an activating group) is 1. The molecule has 1 amide bonds. The van der Waals surface area contributed by atoms with Crippen molar-refractivity contribution in [2.24, 2.45) is 7.05 Å². The molecule has 2 rings (SSSR count). The Hall–Kier alpha value is -1.82. The molecular weight excluding hydrogens is 339 g/mol. The highest BCUT2D eigenvalue weighted by molar-refractivity contribution is 9.10. The second kappa shape index (κ2) is 6.76. The summed E-state index contributed by atoms with van der Waals surface area (Å²) in [6.45, 7) is 0.602. The molecule has 112 valence electrons. The number of aromatic nitrogens is 1. The number of aryl methyl sites for hydroxylation is 1. The van der Waals surface area contributed by atoms with Gasteiger partial charge >= 0.3 is 0 Å². The minimum Gasteiger partial charge on any atom is -0.489 e. The van der Waals surface area contributed by atoms with E-state index >= 15 is 0 Å². The number of halogens is 2. The van der Waals surface area contributed by atoms with Crippen LogP contribution in [0.4, 0.5) is 4.39 Å². The molecule has 1 aromatic carbocycles. The van der Waals surface area contributed by atoms with E-state index < -0.39 is 5.82 Å². The van der Waals surface area contributed by atoms with Crippen LogP contribution < -0.4 is 4.74 Å². The molecule has 1 heterocycles. The van der Waals surface area contributed by atoms with Crippen molar-refractivity contribution >= 4 is 21.8 Å². The minimum absolute atomic E-state index is 0.111. The van der Waals surface area contributed by atoms with Crippen LogP contribution in [0, 0.1) is 5.82 Å². The summed E-state index contributed by atoms with van der Waals surface area (Å²) in [6, 6.07) is 7.97. The van der Waals surface area contributed by atoms with Gasteiger partial charge in [-0.25, -0.2) is 4.39 Å². The largest absolute Gasteiger partial charge is 0.489 e. The maximum Gasteiger partial charge on any atom is 0.270 e. The zero-order chi connectivity index (χ0) is 15.4. The molecular formula is C15H16BrFN2O2. The quantitative estimate of drug-likeness (QED) is 0.826. The van der Waals surface area contributed by atoms with E-state index in [1.165, 1.54) is 6.07 Å². The number of hydrogen-bond donors (Lipinski definition) is 0. The van der Waals surface area contributed by atoms with Crippen LogP contribution in [0.1, 0.15) is 10.5 Å². The Labute approximate surface area is 131 Å². The first-order valence-electron chi connectivity index (χ1n) is 6.43. The Kier molecular flexibility index (Phi) is 5.01. The molecule has 1 aromatic heterocycles. The highest BCUT2D eigenvalue weighted by Gasteiger charge is 2.15. The molecule has 0 aliphatic heterocycles. The van der Waals surface area contributed by atoms with Gasteiger partial charge in [0.15, 0.2) is 11.6 Å². The van der Waals surface area contributed by atoms with E-state index in [-0.39, 0.29) is 18.3 Å². The van der Waals surface area contributed by atoms with Crippen molar-refractivity contribution in [3.63, 3.8) is 0 Å². The molecule has 0 atom stereocenters. The number of carbonyl (C=O) groups excluding carboxylic acids is 1. The fraction of sp³-hybridized carbons (Fsp3) is 0.267. The Morgan fingerprint density at radius 3 is 2.76 bits per heavy atom. The predicted octanol–water partition coefficient (Wildman–Crippen LogP) is 3.08. The van der Waals surface area contributed by atoms with Crippen molar-refractivity contribution in [2.75, 3.05) is 20.2 Å². The summed E-state index contributed by atoms with van der Waals surface area (Å²) in [5.74, 6) is -0.321. The van der Waals surface area contributed by atoms with Crippen LogP contribution in [0.5, 0.6) is 5.75 Å². The topological polar surface area (TPSA) is 34.5 Å². The lowest BCUT2D eigenvalue weighted by Crippen LogP contribution is -2.32. The average molecular weight is 355 g/mol. The molecule has 6 heteroatoms. The molecule has 2 aromatic rings. The summed E-state index contributed by atoms with van der Waals surface area (Å²) in [4.78, 5) is 13.8. The molecule has 4 nitrogen and oxygen atoms in total. The number of amides is 1. The summed E-state index contributed by atoms with van der Waals surface area (Å²) in [7, 11) is 3.50. The Balaban J connectivity index is 1.90. The van der Waals surface area contributed by atoms with E-state index in [0.717, 1.165) is 4.47 Å². The fourth-order valence-electron chi connectivity index (χ4n) is 1.89. The number of ether oxygens (including phenoxy) is 1. The second-order valence-electron chi connectivity index (χ2n) is 4.66. The van der Waals surface area contributed by atoms with Crippen molar-refractivity contribution < 1.29 is 13.9 Å². The molecule has 0 saturated heterocycles. The lowest BCUT2D eigenvalue weighted by Gasteiger charge is -2.18. The van der Waals surface area contributed by atoms with Gasteiger partial charge in [0, 0.05) is 24.8 Å². The first-order valence-corrected chi connectivity index (χ1v) is 7.23. The van der Waals surface area contributed by atoms with E-state index in [2.05, 4.69) is 15.9 Å². The predicted molar refractivity (Wildman–Crippen MR) is 82.0 cm³/mol. The summed E-state index contributed by atoms with van der Waals surface area (Å²) in [5.41, 5.74) is 0.579. The highest BCUT2D eigenvalue weighted by Crippen LogP contribution is 2.16. The second-order valence-corrected chi connectivity index (χ2v) is 5.58. The average Bonchev–Trinajstić information content (AvgIpc) is 2.79. The molecule has 21 heavy (non-hydrogen) atoms. The Bertz CT molecular complexity index is 642. The van der Waals surface area contributed by atoms with E-state index in [0.29, 0.717) is 12.2 Å². The van der Waals surface area contributed by atoms with Crippen LogP contribution in [-0.4, -0.2) is 35.6 Å². The van der Waals surface area contributed by atoms with Crippen LogP contribution >= 0.6 is 15.9 Å². The fourth-order valence-corrected chi connectivity index (χ4v) is 2.41. The summed E-state index contributed by atoms with van der Waals surface area (Å²) in [6.07, 6.45) is 1.82. The molecule has 0 aliphatic carbocycles. The number of hydrogen-bond acceptors (Lipinski definition) is 2. The van der Waals surface area contributed by atoms with Gasteiger partial charge < -0.3 is 14.2 Å². The number of para-hydroxylation sites is 1. The standard InChI is InChI=1S/C15H16BrFN2O2/c1-18(15(20)13-9-11(16)10-19(13)2)7-8-21-14-6-4-3-5-12(14)17/h3-6,9-10H,7-8H2,1-2H3. The van der Waals surface area contributed by atoms with Gasteiger partial charge in [0.05, 0.1) is 6.54 Å². The molecule has 0 fully saturated rings. The zero-order valence-electron chi connectivity index (χ0n) is 11.8. The maximum absolute atomic E-state index is 13.4. The van der Waals surface area contributed by atoms with Gasteiger partial charge in [0.25, 0.3) is 5.91 Å². The number of benzene rings is 1. The van der Waals surface area contributed by atoms with Crippen molar-refractivity contribution in [1.29, 1.82) is 0 Å². The van der Waals surface area contributed by atoms with E-state index in [1.807, 2.05) is 13.2 Å². The van der Waals surface area contributed by atoms with Crippen LogP contribution in [0.2, 0.25) is 0 Å². The van der Waals surface area contributed by atoms with E-state index in [9.17, 15) is 9.18 Å². The van der Waals surface area contributed by atoms with Crippen molar-refractivity contribution in [1.82, 2.24) is 9.47 Å². The van der Waals surface area contributed by atoms with Crippen LogP contribution in [0.3, 0.4) is 0 Å². The third-order valence-electron chi connectivity index (χ3n) is 3.06. The molecule has 0 aliphatic rings. The lowest BCUT2D eigenvalue weighted by atomic mass is 10.3. The third kappa shape index (κ3) is 3.85. The van der Waals surface area contributed by atoms with Gasteiger partial charge in [-0.05, 0) is 34.1 Å². The minimum atomic E-state index is -0.405. The first-order chi connectivity index (χ1) is 9.99. The molecule has 0 radical (unpaired) electrons. The molecule has 0 bridgehead atoms. The van der Waals surface area contributed by atoms with Crippen molar-refractivity contribution in [3.05, 3.63) is 52.5 Å². The first kappa shape index (κ1) is 15.6. The van der Waals surface area contributed by atoms with E-state index in [4.69, 9.17) is 4.74 Å². The lowest BCUT2D eigenvalue weighted by molar-refractivity contribution is 0.0763. The van der Waals surface area contributed by atoms with Gasteiger partial charge in [-0.2, -0.15) is 0 Å². The van der Waals surface area contributed by atoms with Gasteiger partial charge in [-0.3, -0.25) is 4.79 Å². The van der Waals surface area contributed by atoms with Gasteiger partial charge in [-0.1, -0.05) is 12.1 Å². The third-order valence-corrected chi connectivity index (χ3v) is 3.49. The number of nitrogens with zero attached hydrogens (tertiary/aromatic N) is 2. The van der Waals surface area contributed by atoms with Crippen LogP contribution in [0.15, 0.2) is 41.0 Å². The molecule has 0 unspecified atom stereocenters. The molecule has 0 spiro atoms. The smallest absolute Gasteiger partial charge is 0.270 e. The SMILES string of the molecule is CN(CCOc1ccccc1F)C(=O)c1cc(Br)cn1C. The van der Waals surface area contributed by atoms with Gasteiger partial charge in [0.2, 0.25) is 0 Å². The maximum atomic E-state index is 13.4. The zero-order valence-corrected chi connectivity index (χ0v) is 13.4. The molecule has 0 N–H and O–H groups in total. The van der Waals surface area contributed by atoms with Crippen molar-refractivity contribution in [2.45, 2.75) is 0 Å². The van der Waals surface area contributed by atoms with Crippen molar-refractivity contribution in [3.8, 4) is 5.75 Å². The summed E-state index contributed by atoms with van der Waals surface area (Å²) in [5, 5.41) is 0. The summed E-state index contributed by atoms with van der Waals surface area (Å²) >= 11 is 3.33. The normalized spacial score (nSPS) is 10.5. The monoisotopic (exact) mass is 354 g/mol. The Morgan fingerprint density at radius 2 is 2.14 bits per heavy atom. The number of rotatable bonds is 5. The van der Waals surface area contributed by atoms with Crippen LogP contribution in [0.25, 0.3) is 0 Å². The summed E-state index contributed by atoms with van der Waals surface area (Å²) < 4.78 is 21.3. The Morgan fingerprint density at radius 1 is 1.43 bits per heavy atom. The van der Waals surface area contributed by atoms with Gasteiger partial charge in [-0.15, -0.1) is 0 Å². The van der Waals surface area contributed by atoms with Crippen LogP contribution in [-0.2, 0) is 7.05 Å². The van der Waals surface area contributed by atoms with Gasteiger partial charge in [0.1, 0.15) is 12.3 Å².